The van der Waals surface area contributed by atoms with Crippen molar-refractivity contribution in [3.63, 3.8) is 0 Å². The lowest BCUT2D eigenvalue weighted by Gasteiger charge is -2.40. The van der Waals surface area contributed by atoms with E-state index in [1.807, 2.05) is 78.9 Å². The zero-order valence-electron chi connectivity index (χ0n) is 30.5. The molecule has 1 saturated heterocycles. The first-order chi connectivity index (χ1) is 25.1. The van der Waals surface area contributed by atoms with Gasteiger partial charge in [-0.05, 0) is 74.7 Å². The lowest BCUT2D eigenvalue weighted by atomic mass is 9.79. The molecule has 0 radical (unpaired) electrons. The maximum absolute atomic E-state index is 13.1. The van der Waals surface area contributed by atoms with Crippen LogP contribution in [-0.4, -0.2) is 65.9 Å². The smallest absolute Gasteiger partial charge is 0.351 e. The highest BCUT2D eigenvalue weighted by atomic mass is 31.2. The van der Waals surface area contributed by atoms with Gasteiger partial charge in [-0.1, -0.05) is 54.6 Å². The largest absolute Gasteiger partial charge is 0.497 e. The third kappa shape index (κ3) is 8.81. The molecule has 276 valence electrons. The molecule has 13 heteroatoms. The summed E-state index contributed by atoms with van der Waals surface area (Å²) in [5, 5.41) is 9.23. The van der Waals surface area contributed by atoms with Crippen LogP contribution in [0.2, 0.25) is 0 Å². The molecule has 1 unspecified atom stereocenters. The van der Waals surface area contributed by atoms with E-state index in [2.05, 4.69) is 43.4 Å². The maximum atomic E-state index is 13.1. The molecule has 1 fully saturated rings. The van der Waals surface area contributed by atoms with Gasteiger partial charge in [-0.2, -0.15) is 10.2 Å². The number of rotatable bonds is 17. The number of aromatic nitrogens is 2. The van der Waals surface area contributed by atoms with Gasteiger partial charge < -0.3 is 33.7 Å². The number of nitriles is 1. The van der Waals surface area contributed by atoms with Crippen LogP contribution in [0.4, 0.5) is 5.82 Å². The average molecular weight is 730 g/mol. The Labute approximate surface area is 307 Å². The fraction of sp³-hybridized carbons (Fsp3) is 0.410. The van der Waals surface area contributed by atoms with E-state index in [4.69, 9.17) is 33.7 Å². The summed E-state index contributed by atoms with van der Waals surface area (Å²) >= 11 is 0. The number of benzene rings is 3. The van der Waals surface area contributed by atoms with E-state index >= 15 is 0 Å². The zero-order valence-corrected chi connectivity index (χ0v) is 31.4. The van der Waals surface area contributed by atoms with Crippen LogP contribution in [-0.2, 0) is 24.1 Å². The van der Waals surface area contributed by atoms with E-state index in [1.54, 1.807) is 26.5 Å². The molecular formula is C39H48N5O7P. The Morgan fingerprint density at radius 2 is 1.50 bits per heavy atom. The number of hydrogen-bond donors (Lipinski definition) is 1. The Morgan fingerprint density at radius 3 is 2.02 bits per heavy atom. The average Bonchev–Trinajstić information content (AvgIpc) is 3.54. The summed E-state index contributed by atoms with van der Waals surface area (Å²) in [6.07, 6.45) is 0.129. The van der Waals surface area contributed by atoms with Gasteiger partial charge in [-0.25, -0.2) is 9.46 Å². The van der Waals surface area contributed by atoms with Crippen LogP contribution in [0.5, 0.6) is 11.5 Å². The zero-order chi connectivity index (χ0) is 37.3. The van der Waals surface area contributed by atoms with Crippen molar-refractivity contribution < 1.29 is 28.0 Å². The number of hydrogen-bond acceptors (Lipinski definition) is 11. The molecule has 1 aromatic heterocycles. The first-order valence-corrected chi connectivity index (χ1v) is 18.5. The van der Waals surface area contributed by atoms with Crippen LogP contribution >= 0.6 is 8.53 Å². The van der Waals surface area contributed by atoms with E-state index in [1.165, 1.54) is 4.57 Å². The van der Waals surface area contributed by atoms with E-state index in [0.29, 0.717) is 17.9 Å². The molecule has 12 nitrogen and oxygen atoms in total. The predicted molar refractivity (Wildman–Crippen MR) is 200 cm³/mol. The quantitative estimate of drug-likeness (QED) is 0.0696. The van der Waals surface area contributed by atoms with Crippen molar-refractivity contribution in [1.82, 2.24) is 14.2 Å². The monoisotopic (exact) mass is 729 g/mol. The van der Waals surface area contributed by atoms with Crippen molar-refractivity contribution in [1.29, 1.82) is 5.26 Å². The number of nitrogen functional groups attached to an aromatic ring is 1. The van der Waals surface area contributed by atoms with Crippen molar-refractivity contribution in [2.45, 2.75) is 76.7 Å². The lowest BCUT2D eigenvalue weighted by molar-refractivity contribution is -0.0974. The van der Waals surface area contributed by atoms with Crippen molar-refractivity contribution in [2.75, 3.05) is 33.2 Å². The molecule has 3 aromatic carbocycles. The number of ether oxygens (including phenoxy) is 4. The van der Waals surface area contributed by atoms with Crippen molar-refractivity contribution >= 4 is 14.3 Å². The number of nitrogens with zero attached hydrogens (tertiary/aromatic N) is 4. The highest BCUT2D eigenvalue weighted by Gasteiger charge is 2.47. The minimum atomic E-state index is -1.58. The molecule has 52 heavy (non-hydrogen) atoms. The molecule has 1 aliphatic heterocycles. The molecule has 2 heterocycles. The highest BCUT2D eigenvalue weighted by molar-refractivity contribution is 7.44. The van der Waals surface area contributed by atoms with Crippen molar-refractivity contribution in [3.8, 4) is 17.6 Å². The molecule has 0 bridgehead atoms. The minimum absolute atomic E-state index is 0.0859. The molecule has 1 aliphatic rings. The molecule has 0 spiro atoms. The molecule has 5 rings (SSSR count). The molecule has 0 saturated carbocycles. The molecule has 4 atom stereocenters. The standard InChI is InChI=1S/C39H48N5O7P/c1-27(2)44(28(3)4)52(48-24-10-22-40)49-26-35-34(25-37(50-35)43-23-21-36(41)42-38(43)45)51-39(29-11-8-7-9-12-29,30-13-17-32(46-5)18-14-30)31-15-19-33(47-6)20-16-31/h7-9,11-21,23,27-28,34-35,37H,10,24-26H2,1-6H3,(H2,41,42,45)/t34-,35+,37+,52?/m0/s1. The van der Waals surface area contributed by atoms with Gasteiger partial charge in [0.1, 0.15) is 35.2 Å². The predicted octanol–water partition coefficient (Wildman–Crippen LogP) is 6.80. The molecular weight excluding hydrogens is 681 g/mol. The van der Waals surface area contributed by atoms with E-state index in [-0.39, 0.29) is 37.5 Å². The highest BCUT2D eigenvalue weighted by Crippen LogP contribution is 2.49. The Bertz CT molecular complexity index is 1760. The number of nitrogens with two attached hydrogens (primary N) is 1. The summed E-state index contributed by atoms with van der Waals surface area (Å²) in [6, 6.07) is 29.5. The molecule has 4 aromatic rings. The normalized spacial score (nSPS) is 18.1. The summed E-state index contributed by atoms with van der Waals surface area (Å²) < 4.78 is 41.6. The summed E-state index contributed by atoms with van der Waals surface area (Å²) in [7, 11) is 1.68. The first kappa shape index (κ1) is 38.9. The summed E-state index contributed by atoms with van der Waals surface area (Å²) in [6.45, 7) is 8.64. The van der Waals surface area contributed by atoms with Gasteiger partial charge in [-0.3, -0.25) is 4.57 Å². The third-order valence-corrected chi connectivity index (χ3v) is 10.9. The summed E-state index contributed by atoms with van der Waals surface area (Å²) in [5.74, 6) is 1.53. The third-order valence-electron chi connectivity index (χ3n) is 8.86. The maximum Gasteiger partial charge on any atom is 0.351 e. The summed E-state index contributed by atoms with van der Waals surface area (Å²) in [5.41, 5.74) is 6.75. The van der Waals surface area contributed by atoms with Gasteiger partial charge >= 0.3 is 5.69 Å². The second-order valence-electron chi connectivity index (χ2n) is 12.9. The second-order valence-corrected chi connectivity index (χ2v) is 14.4. The van der Waals surface area contributed by atoms with Gasteiger partial charge in [0, 0.05) is 24.7 Å². The summed E-state index contributed by atoms with van der Waals surface area (Å²) in [4.78, 5) is 17.1. The van der Waals surface area contributed by atoms with Crippen LogP contribution in [0.1, 0.15) is 63.5 Å². The van der Waals surface area contributed by atoms with Gasteiger partial charge in [0.05, 0.1) is 46.0 Å². The SMILES string of the molecule is COc1ccc(C(O[C@H]2C[C@H](n3ccc(N)nc3=O)O[C@@H]2COP(OCCC#N)N(C(C)C)C(C)C)(c2ccccc2)c2ccc(OC)cc2)cc1. The fourth-order valence-corrected chi connectivity index (χ4v) is 8.11. The number of methoxy groups -OCH3 is 2. The molecule has 0 amide bonds. The van der Waals surface area contributed by atoms with Crippen molar-refractivity contribution in [2.24, 2.45) is 0 Å². The van der Waals surface area contributed by atoms with Crippen LogP contribution in [0, 0.1) is 11.3 Å². The van der Waals surface area contributed by atoms with Gasteiger partial charge in [0.15, 0.2) is 0 Å². The van der Waals surface area contributed by atoms with E-state index in [0.717, 1.165) is 16.7 Å². The van der Waals surface area contributed by atoms with E-state index < -0.39 is 38.3 Å². The Morgan fingerprint density at radius 1 is 0.923 bits per heavy atom. The van der Waals surface area contributed by atoms with Gasteiger partial charge in [0.2, 0.25) is 0 Å². The fourth-order valence-electron chi connectivity index (χ4n) is 6.50. The van der Waals surface area contributed by atoms with Crippen LogP contribution in [0.15, 0.2) is 95.9 Å². The van der Waals surface area contributed by atoms with Crippen LogP contribution in [0.25, 0.3) is 0 Å². The van der Waals surface area contributed by atoms with Gasteiger partial charge in [0.25, 0.3) is 8.53 Å². The Hall–Kier alpha value is -4.34. The van der Waals surface area contributed by atoms with E-state index in [9.17, 15) is 10.1 Å². The molecule has 0 aliphatic carbocycles. The Kier molecular flexibility index (Phi) is 13.4. The molecule has 2 N–H and O–H groups in total. The minimum Gasteiger partial charge on any atom is -0.497 e. The number of anilines is 1. The van der Waals surface area contributed by atoms with Crippen LogP contribution < -0.4 is 20.9 Å². The van der Waals surface area contributed by atoms with Gasteiger partial charge in [-0.15, -0.1) is 0 Å². The lowest BCUT2D eigenvalue weighted by Crippen LogP contribution is -2.41. The van der Waals surface area contributed by atoms with Crippen LogP contribution in [0.3, 0.4) is 0 Å². The first-order valence-electron chi connectivity index (χ1n) is 17.3. The second kappa shape index (κ2) is 17.9. The van der Waals surface area contributed by atoms with Crippen molar-refractivity contribution in [3.05, 3.63) is 118 Å². The topological polar surface area (TPSA) is 143 Å². The Balaban J connectivity index is 1.62.